The zero-order valence-electron chi connectivity index (χ0n) is 13.2. The van der Waals surface area contributed by atoms with E-state index in [1.807, 2.05) is 41.3 Å². The van der Waals surface area contributed by atoms with E-state index in [0.717, 1.165) is 10.0 Å². The zero-order chi connectivity index (χ0) is 16.9. The van der Waals surface area contributed by atoms with Gasteiger partial charge in [0.25, 0.3) is 0 Å². The van der Waals surface area contributed by atoms with Crippen LogP contribution in [0, 0.1) is 5.82 Å². The highest BCUT2D eigenvalue weighted by Crippen LogP contribution is 2.21. The van der Waals surface area contributed by atoms with Gasteiger partial charge in [-0.1, -0.05) is 46.3 Å². The maximum absolute atomic E-state index is 13.8. The molecule has 1 aliphatic rings. The molecule has 124 valence electrons. The Morgan fingerprint density at radius 2 is 1.67 bits per heavy atom. The van der Waals surface area contributed by atoms with Crippen molar-refractivity contribution in [2.75, 3.05) is 31.1 Å². The Kier molecular flexibility index (Phi) is 5.30. The first-order valence-electron chi connectivity index (χ1n) is 7.86. The fourth-order valence-corrected chi connectivity index (χ4v) is 3.17. The van der Waals surface area contributed by atoms with Crippen LogP contribution in [0.1, 0.15) is 5.56 Å². The summed E-state index contributed by atoms with van der Waals surface area (Å²) in [6.07, 6.45) is 3.41. The lowest BCUT2D eigenvalue weighted by Crippen LogP contribution is -2.48. The second kappa shape index (κ2) is 7.62. The van der Waals surface area contributed by atoms with Gasteiger partial charge in [0.1, 0.15) is 5.82 Å². The maximum atomic E-state index is 13.8. The molecule has 3 rings (SSSR count). The number of carbonyl (C=O) groups excluding carboxylic acids is 1. The average molecular weight is 389 g/mol. The van der Waals surface area contributed by atoms with E-state index in [1.54, 1.807) is 23.1 Å². The van der Waals surface area contributed by atoms with E-state index >= 15 is 0 Å². The molecule has 24 heavy (non-hydrogen) atoms. The van der Waals surface area contributed by atoms with Crippen molar-refractivity contribution in [2.24, 2.45) is 0 Å². The van der Waals surface area contributed by atoms with Crippen molar-refractivity contribution in [1.29, 1.82) is 0 Å². The Morgan fingerprint density at radius 3 is 2.38 bits per heavy atom. The molecule has 0 unspecified atom stereocenters. The van der Waals surface area contributed by atoms with Gasteiger partial charge in [-0.25, -0.2) is 4.39 Å². The Hall–Kier alpha value is -2.14. The van der Waals surface area contributed by atoms with E-state index in [1.165, 1.54) is 6.07 Å². The van der Waals surface area contributed by atoms with Gasteiger partial charge < -0.3 is 9.80 Å². The minimum atomic E-state index is -0.217. The van der Waals surface area contributed by atoms with Gasteiger partial charge in [-0.05, 0) is 29.8 Å². The monoisotopic (exact) mass is 388 g/mol. The van der Waals surface area contributed by atoms with E-state index in [9.17, 15) is 9.18 Å². The first kappa shape index (κ1) is 16.7. The molecule has 3 nitrogen and oxygen atoms in total. The number of halogens is 2. The van der Waals surface area contributed by atoms with Crippen molar-refractivity contribution in [3.05, 3.63) is 70.5 Å². The fourth-order valence-electron chi connectivity index (χ4n) is 2.75. The molecule has 0 radical (unpaired) electrons. The van der Waals surface area contributed by atoms with Crippen molar-refractivity contribution < 1.29 is 9.18 Å². The first-order valence-corrected chi connectivity index (χ1v) is 8.65. The summed E-state index contributed by atoms with van der Waals surface area (Å²) in [6.45, 7) is 2.45. The largest absolute Gasteiger partial charge is 0.366 e. The molecule has 0 aliphatic carbocycles. The number of hydrogen-bond acceptors (Lipinski definition) is 2. The van der Waals surface area contributed by atoms with E-state index in [2.05, 4.69) is 15.9 Å². The van der Waals surface area contributed by atoms with Gasteiger partial charge in [-0.3, -0.25) is 4.79 Å². The number of anilines is 1. The Morgan fingerprint density at radius 1 is 1.00 bits per heavy atom. The zero-order valence-corrected chi connectivity index (χ0v) is 14.7. The van der Waals surface area contributed by atoms with Crippen molar-refractivity contribution in [2.45, 2.75) is 0 Å². The number of carbonyl (C=O) groups is 1. The van der Waals surface area contributed by atoms with Crippen LogP contribution in [0.3, 0.4) is 0 Å². The van der Waals surface area contributed by atoms with Gasteiger partial charge in [0.2, 0.25) is 5.91 Å². The van der Waals surface area contributed by atoms with Crippen LogP contribution in [0.25, 0.3) is 6.08 Å². The van der Waals surface area contributed by atoms with Crippen LogP contribution < -0.4 is 4.90 Å². The first-order chi connectivity index (χ1) is 11.6. The summed E-state index contributed by atoms with van der Waals surface area (Å²) in [5, 5.41) is 0. The van der Waals surface area contributed by atoms with Crippen LogP contribution in [0.2, 0.25) is 0 Å². The molecule has 0 aromatic heterocycles. The van der Waals surface area contributed by atoms with E-state index in [0.29, 0.717) is 31.9 Å². The lowest BCUT2D eigenvalue weighted by atomic mass is 10.2. The molecule has 1 saturated heterocycles. The molecule has 0 saturated carbocycles. The summed E-state index contributed by atoms with van der Waals surface area (Å²) < 4.78 is 14.8. The molecule has 5 heteroatoms. The molecule has 1 amide bonds. The third kappa shape index (κ3) is 3.85. The highest BCUT2D eigenvalue weighted by atomic mass is 79.9. The lowest BCUT2D eigenvalue weighted by Gasteiger charge is -2.35. The van der Waals surface area contributed by atoms with Crippen LogP contribution in [0.15, 0.2) is 59.1 Å². The van der Waals surface area contributed by atoms with Crippen molar-refractivity contribution in [3.63, 3.8) is 0 Å². The van der Waals surface area contributed by atoms with Gasteiger partial charge in [0, 0.05) is 36.7 Å². The second-order valence-electron chi connectivity index (χ2n) is 5.62. The normalized spacial score (nSPS) is 15.1. The molecule has 1 heterocycles. The van der Waals surface area contributed by atoms with Crippen LogP contribution in [-0.4, -0.2) is 37.0 Å². The number of amides is 1. The minimum absolute atomic E-state index is 0.0149. The highest BCUT2D eigenvalue weighted by Gasteiger charge is 2.21. The number of para-hydroxylation sites is 1. The SMILES string of the molecule is O=C(/C=C/c1ccccc1Br)N1CCN(c2ccccc2F)CC1. The van der Waals surface area contributed by atoms with E-state index < -0.39 is 0 Å². The maximum Gasteiger partial charge on any atom is 0.246 e. The third-order valence-electron chi connectivity index (χ3n) is 4.10. The van der Waals surface area contributed by atoms with Crippen LogP contribution in [0.4, 0.5) is 10.1 Å². The average Bonchev–Trinajstić information content (AvgIpc) is 2.61. The Bertz CT molecular complexity index is 755. The van der Waals surface area contributed by atoms with Crippen LogP contribution in [-0.2, 0) is 4.79 Å². The molecular weight excluding hydrogens is 371 g/mol. The van der Waals surface area contributed by atoms with Crippen molar-refractivity contribution in [1.82, 2.24) is 4.90 Å². The standard InChI is InChI=1S/C19H18BrFN2O/c20-16-6-2-1-5-15(16)9-10-19(24)23-13-11-22(12-14-23)18-8-4-3-7-17(18)21/h1-10H,11-14H2/b10-9+. The summed E-state index contributed by atoms with van der Waals surface area (Å²) in [7, 11) is 0. The van der Waals surface area contributed by atoms with Gasteiger partial charge in [0.15, 0.2) is 0 Å². The summed E-state index contributed by atoms with van der Waals surface area (Å²) in [4.78, 5) is 16.1. The topological polar surface area (TPSA) is 23.6 Å². The van der Waals surface area contributed by atoms with E-state index in [-0.39, 0.29) is 11.7 Å². The predicted octanol–water partition coefficient (Wildman–Crippen LogP) is 3.95. The highest BCUT2D eigenvalue weighted by molar-refractivity contribution is 9.10. The van der Waals surface area contributed by atoms with Crippen molar-refractivity contribution >= 4 is 33.6 Å². The van der Waals surface area contributed by atoms with Crippen LogP contribution in [0.5, 0.6) is 0 Å². The molecule has 2 aromatic rings. The smallest absolute Gasteiger partial charge is 0.246 e. The molecule has 0 N–H and O–H groups in total. The molecule has 1 fully saturated rings. The summed E-state index contributed by atoms with van der Waals surface area (Å²) in [5.74, 6) is -0.231. The molecule has 2 aromatic carbocycles. The number of nitrogens with zero attached hydrogens (tertiary/aromatic N) is 2. The minimum Gasteiger partial charge on any atom is -0.366 e. The van der Waals surface area contributed by atoms with Gasteiger partial charge >= 0.3 is 0 Å². The quantitative estimate of drug-likeness (QED) is 0.743. The lowest BCUT2D eigenvalue weighted by molar-refractivity contribution is -0.126. The number of rotatable bonds is 3. The van der Waals surface area contributed by atoms with Gasteiger partial charge in [-0.2, -0.15) is 0 Å². The number of piperazine rings is 1. The second-order valence-corrected chi connectivity index (χ2v) is 6.47. The molecule has 0 spiro atoms. The van der Waals surface area contributed by atoms with E-state index in [4.69, 9.17) is 0 Å². The molecule has 1 aliphatic heterocycles. The number of benzene rings is 2. The van der Waals surface area contributed by atoms with Crippen LogP contribution >= 0.6 is 15.9 Å². The van der Waals surface area contributed by atoms with Crippen molar-refractivity contribution in [3.8, 4) is 0 Å². The molecule has 0 bridgehead atoms. The Labute approximate surface area is 149 Å². The van der Waals surface area contributed by atoms with Gasteiger partial charge in [-0.15, -0.1) is 0 Å². The predicted molar refractivity (Wildman–Crippen MR) is 98.4 cm³/mol. The summed E-state index contributed by atoms with van der Waals surface area (Å²) in [5.41, 5.74) is 1.57. The fraction of sp³-hybridized carbons (Fsp3) is 0.211. The number of hydrogen-bond donors (Lipinski definition) is 0. The summed E-state index contributed by atoms with van der Waals surface area (Å²) in [6, 6.07) is 14.5. The molecule has 0 atom stereocenters. The summed E-state index contributed by atoms with van der Waals surface area (Å²) >= 11 is 3.46. The third-order valence-corrected chi connectivity index (χ3v) is 4.82. The Balaban J connectivity index is 1.59. The van der Waals surface area contributed by atoms with Gasteiger partial charge in [0.05, 0.1) is 5.69 Å². The molecular formula is C19H18BrFN2O.